The predicted octanol–water partition coefficient (Wildman–Crippen LogP) is 6.11. The van der Waals surface area contributed by atoms with Crippen LogP contribution in [0.4, 0.5) is 5.69 Å². The van der Waals surface area contributed by atoms with Crippen LogP contribution in [0, 0.1) is 0 Å². The predicted molar refractivity (Wildman–Crippen MR) is 144 cm³/mol. The van der Waals surface area contributed by atoms with Crippen molar-refractivity contribution >= 4 is 56.5 Å². The van der Waals surface area contributed by atoms with Crippen LogP contribution in [0.5, 0.6) is 5.75 Å². The number of aryl methyl sites for hydroxylation is 2. The van der Waals surface area contributed by atoms with Crippen LogP contribution in [0.1, 0.15) is 30.2 Å². The first-order valence-electron chi connectivity index (χ1n) is 11.5. The monoisotopic (exact) mass is 525 g/mol. The van der Waals surface area contributed by atoms with E-state index in [1.807, 2.05) is 43.3 Å². The second-order valence-corrected chi connectivity index (χ2v) is 10.6. The van der Waals surface area contributed by atoms with Gasteiger partial charge in [0.2, 0.25) is 5.91 Å². The van der Waals surface area contributed by atoms with Crippen molar-refractivity contribution in [1.29, 1.82) is 0 Å². The molecule has 1 N–H and O–H groups in total. The summed E-state index contributed by atoms with van der Waals surface area (Å²) in [7, 11) is 0. The number of rotatable bonds is 7. The highest BCUT2D eigenvalue weighted by Crippen LogP contribution is 2.35. The van der Waals surface area contributed by atoms with Gasteiger partial charge in [-0.05, 0) is 74.6 Å². The van der Waals surface area contributed by atoms with Gasteiger partial charge in [0.15, 0.2) is 5.16 Å². The van der Waals surface area contributed by atoms with Gasteiger partial charge in [0, 0.05) is 4.88 Å². The van der Waals surface area contributed by atoms with Crippen molar-refractivity contribution in [2.75, 3.05) is 17.7 Å². The molecule has 35 heavy (non-hydrogen) atoms. The summed E-state index contributed by atoms with van der Waals surface area (Å²) in [5.41, 5.74) is 2.30. The molecule has 0 spiro atoms. The Morgan fingerprint density at radius 3 is 2.71 bits per heavy atom. The van der Waals surface area contributed by atoms with Gasteiger partial charge in [-0.3, -0.25) is 14.2 Å². The van der Waals surface area contributed by atoms with Gasteiger partial charge in [-0.25, -0.2) is 4.98 Å². The summed E-state index contributed by atoms with van der Waals surface area (Å²) in [6.45, 7) is 2.49. The number of ether oxygens (including phenoxy) is 1. The quantitative estimate of drug-likeness (QED) is 0.233. The van der Waals surface area contributed by atoms with E-state index in [1.54, 1.807) is 28.0 Å². The van der Waals surface area contributed by atoms with Crippen molar-refractivity contribution < 1.29 is 9.53 Å². The topological polar surface area (TPSA) is 73.2 Å². The second kappa shape index (κ2) is 10.4. The average Bonchev–Trinajstić information content (AvgIpc) is 3.24. The molecule has 0 fully saturated rings. The van der Waals surface area contributed by atoms with Crippen molar-refractivity contribution in [3.05, 3.63) is 74.3 Å². The molecule has 5 rings (SSSR count). The van der Waals surface area contributed by atoms with Crippen LogP contribution < -0.4 is 15.6 Å². The zero-order valence-electron chi connectivity index (χ0n) is 19.2. The van der Waals surface area contributed by atoms with Crippen molar-refractivity contribution in [2.24, 2.45) is 0 Å². The Kier molecular flexibility index (Phi) is 7.13. The molecule has 6 nitrogen and oxygen atoms in total. The number of benzene rings is 2. The maximum Gasteiger partial charge on any atom is 0.267 e. The lowest BCUT2D eigenvalue weighted by molar-refractivity contribution is -0.113. The number of nitrogens with one attached hydrogen (secondary N) is 1. The van der Waals surface area contributed by atoms with E-state index in [2.05, 4.69) is 5.32 Å². The number of hydrogen-bond acceptors (Lipinski definition) is 6. The highest BCUT2D eigenvalue weighted by Gasteiger charge is 2.23. The van der Waals surface area contributed by atoms with E-state index in [9.17, 15) is 9.59 Å². The van der Waals surface area contributed by atoms with Crippen LogP contribution in [0.3, 0.4) is 0 Å². The molecule has 0 saturated carbocycles. The fraction of sp³-hybridized carbons (Fsp3) is 0.269. The molecule has 2 aromatic carbocycles. The largest absolute Gasteiger partial charge is 0.494 e. The molecule has 0 aliphatic heterocycles. The van der Waals surface area contributed by atoms with Crippen molar-refractivity contribution in [1.82, 2.24) is 9.55 Å². The first-order chi connectivity index (χ1) is 17.0. The number of thiophene rings is 1. The number of carbonyl (C=O) groups excluding carboxylic acids is 1. The number of hydrogen-bond donors (Lipinski definition) is 1. The minimum Gasteiger partial charge on any atom is -0.494 e. The van der Waals surface area contributed by atoms with Gasteiger partial charge in [0.05, 0.1) is 34.1 Å². The number of halogens is 1. The minimum absolute atomic E-state index is 0.0886. The maximum absolute atomic E-state index is 13.8. The Labute approximate surface area is 216 Å². The minimum atomic E-state index is -0.221. The first kappa shape index (κ1) is 23.9. The third-order valence-corrected chi connectivity index (χ3v) is 8.30. The molecule has 1 amide bonds. The standard InChI is InChI=1S/C26H24ClN3O3S2/c1-2-33-17-13-11-16(12-14-17)30-25(32)23-18-7-3-6-10-21(18)35-24(23)29-26(30)34-15-22(31)28-20-9-5-4-8-19(20)27/h4-5,8-9,11-14H,2-3,6-7,10,15H2,1H3,(H,28,31). The van der Waals surface area contributed by atoms with E-state index in [-0.39, 0.29) is 17.2 Å². The average molecular weight is 526 g/mol. The smallest absolute Gasteiger partial charge is 0.267 e. The Morgan fingerprint density at radius 2 is 1.94 bits per heavy atom. The molecular weight excluding hydrogens is 502 g/mol. The Bertz CT molecular complexity index is 1450. The summed E-state index contributed by atoms with van der Waals surface area (Å²) in [5, 5.41) is 4.50. The highest BCUT2D eigenvalue weighted by molar-refractivity contribution is 7.99. The molecule has 2 heterocycles. The van der Waals surface area contributed by atoms with Crippen LogP contribution in [0.2, 0.25) is 5.02 Å². The third kappa shape index (κ3) is 4.96. The fourth-order valence-corrected chi connectivity index (χ4v) is 6.55. The number of carbonyl (C=O) groups is 1. The lowest BCUT2D eigenvalue weighted by Gasteiger charge is -2.14. The lowest BCUT2D eigenvalue weighted by Crippen LogP contribution is -2.23. The molecule has 9 heteroatoms. The lowest BCUT2D eigenvalue weighted by atomic mass is 9.97. The van der Waals surface area contributed by atoms with Gasteiger partial charge in [0.1, 0.15) is 10.6 Å². The van der Waals surface area contributed by atoms with Gasteiger partial charge in [-0.1, -0.05) is 35.5 Å². The second-order valence-electron chi connectivity index (χ2n) is 8.17. The van der Waals surface area contributed by atoms with E-state index < -0.39 is 0 Å². The van der Waals surface area contributed by atoms with Crippen molar-refractivity contribution in [2.45, 2.75) is 37.8 Å². The molecule has 0 unspecified atom stereocenters. The highest BCUT2D eigenvalue weighted by atomic mass is 35.5. The van der Waals surface area contributed by atoms with E-state index in [0.29, 0.717) is 33.5 Å². The third-order valence-electron chi connectivity index (χ3n) is 5.84. The molecule has 0 radical (unpaired) electrons. The van der Waals surface area contributed by atoms with E-state index in [1.165, 1.54) is 16.6 Å². The summed E-state index contributed by atoms with van der Waals surface area (Å²) in [5.74, 6) is 0.603. The maximum atomic E-state index is 13.8. The van der Waals surface area contributed by atoms with Crippen LogP contribution >= 0.6 is 34.7 Å². The van der Waals surface area contributed by atoms with Gasteiger partial charge in [0.25, 0.3) is 5.56 Å². The molecular formula is C26H24ClN3O3S2. The summed E-state index contributed by atoms with van der Waals surface area (Å²) < 4.78 is 7.18. The van der Waals surface area contributed by atoms with Crippen molar-refractivity contribution in [3.8, 4) is 11.4 Å². The molecule has 0 atom stereocenters. The number of fused-ring (bicyclic) bond motifs is 3. The number of aromatic nitrogens is 2. The van der Waals surface area contributed by atoms with E-state index >= 15 is 0 Å². The Balaban J connectivity index is 1.52. The number of amides is 1. The first-order valence-corrected chi connectivity index (χ1v) is 13.7. The SMILES string of the molecule is CCOc1ccc(-n2c(SCC(=O)Nc3ccccc3Cl)nc3sc4c(c3c2=O)CCCC4)cc1. The van der Waals surface area contributed by atoms with Crippen LogP contribution in [0.15, 0.2) is 58.5 Å². The van der Waals surface area contributed by atoms with Gasteiger partial charge >= 0.3 is 0 Å². The van der Waals surface area contributed by atoms with Crippen LogP contribution in [0.25, 0.3) is 15.9 Å². The van der Waals surface area contributed by atoms with Gasteiger partial charge < -0.3 is 10.1 Å². The Hall–Kier alpha value is -2.81. The normalized spacial score (nSPS) is 13.0. The van der Waals surface area contributed by atoms with E-state index in [4.69, 9.17) is 21.3 Å². The molecule has 2 aromatic heterocycles. The van der Waals surface area contributed by atoms with E-state index in [0.717, 1.165) is 41.8 Å². The van der Waals surface area contributed by atoms with Crippen molar-refractivity contribution in [3.63, 3.8) is 0 Å². The molecule has 0 bridgehead atoms. The molecule has 180 valence electrons. The summed E-state index contributed by atoms with van der Waals surface area (Å²) >= 11 is 9.01. The summed E-state index contributed by atoms with van der Waals surface area (Å²) in [4.78, 5) is 33.4. The number of thioether (sulfide) groups is 1. The summed E-state index contributed by atoms with van der Waals surface area (Å²) in [6.07, 6.45) is 4.11. The zero-order chi connectivity index (χ0) is 24.4. The van der Waals surface area contributed by atoms with Gasteiger partial charge in [-0.15, -0.1) is 11.3 Å². The number of anilines is 1. The number of nitrogens with zero attached hydrogens (tertiary/aromatic N) is 2. The van der Waals surface area contributed by atoms with Crippen LogP contribution in [-0.4, -0.2) is 27.8 Å². The fourth-order valence-electron chi connectivity index (χ4n) is 4.25. The molecule has 4 aromatic rings. The number of para-hydroxylation sites is 1. The zero-order valence-corrected chi connectivity index (χ0v) is 21.6. The van der Waals surface area contributed by atoms with Gasteiger partial charge in [-0.2, -0.15) is 0 Å². The molecule has 1 aliphatic carbocycles. The molecule has 0 saturated heterocycles. The Morgan fingerprint density at radius 1 is 1.17 bits per heavy atom. The van der Waals surface area contributed by atoms with Crippen LogP contribution in [-0.2, 0) is 17.6 Å². The molecule has 1 aliphatic rings. The summed E-state index contributed by atoms with van der Waals surface area (Å²) in [6, 6.07) is 14.5.